The Labute approximate surface area is 142 Å². The lowest BCUT2D eigenvalue weighted by molar-refractivity contribution is -0.121. The number of ether oxygens (including phenoxy) is 2. The van der Waals surface area contributed by atoms with Gasteiger partial charge < -0.3 is 14.0 Å². The first-order chi connectivity index (χ1) is 11.2. The fourth-order valence-corrected chi connectivity index (χ4v) is 2.04. The molecule has 128 valence electrons. The van der Waals surface area contributed by atoms with Crippen LogP contribution in [0.5, 0.6) is 5.75 Å². The number of Topliss-reactive ketones (excluding diaryl/α,β-unsaturated/α-hetero) is 1. The van der Waals surface area contributed by atoms with E-state index in [-0.39, 0.29) is 18.9 Å². The maximum absolute atomic E-state index is 12.0. The Morgan fingerprint density at radius 2 is 1.75 bits per heavy atom. The van der Waals surface area contributed by atoms with Gasteiger partial charge in [0.2, 0.25) is 0 Å². The largest absolute Gasteiger partial charge is 0.486 e. The van der Waals surface area contributed by atoms with Gasteiger partial charge in [-0.05, 0) is 45.9 Å². The summed E-state index contributed by atoms with van der Waals surface area (Å²) in [5.74, 6) is 0.183. The summed E-state index contributed by atoms with van der Waals surface area (Å²) in [5.41, 5.74) is 1.02. The van der Waals surface area contributed by atoms with Gasteiger partial charge in [0.1, 0.15) is 18.0 Å². The Hall–Kier alpha value is -2.56. The van der Waals surface area contributed by atoms with Gasteiger partial charge in [-0.1, -0.05) is 17.7 Å². The van der Waals surface area contributed by atoms with Crippen LogP contribution in [0.4, 0.5) is 0 Å². The molecule has 0 aliphatic heterocycles. The minimum atomic E-state index is -0.545. The summed E-state index contributed by atoms with van der Waals surface area (Å²) in [5, 5.41) is 0. The molecule has 1 aromatic carbocycles. The second kappa shape index (κ2) is 7.34. The number of hydrogen-bond donors (Lipinski definition) is 0. The van der Waals surface area contributed by atoms with Crippen molar-refractivity contribution in [3.8, 4) is 5.75 Å². The van der Waals surface area contributed by atoms with Gasteiger partial charge in [-0.3, -0.25) is 4.79 Å². The fraction of sp³-hybridized carbons (Fsp3) is 0.368. The molecule has 0 saturated heterocycles. The quantitative estimate of drug-likeness (QED) is 0.762. The third-order valence-corrected chi connectivity index (χ3v) is 3.16. The maximum atomic E-state index is 12.0. The molecule has 0 saturated carbocycles. The molecule has 0 bridgehead atoms. The number of aryl methyl sites for hydroxylation is 1. The van der Waals surface area contributed by atoms with Gasteiger partial charge in [-0.2, -0.15) is 0 Å². The summed E-state index contributed by atoms with van der Waals surface area (Å²) in [7, 11) is 0. The lowest BCUT2D eigenvalue weighted by Crippen LogP contribution is -2.23. The number of carbonyl (C=O) groups is 2. The Balaban J connectivity index is 1.86. The first-order valence-electron chi connectivity index (χ1n) is 7.83. The van der Waals surface area contributed by atoms with Crippen molar-refractivity contribution >= 4 is 11.8 Å². The molecule has 0 radical (unpaired) electrons. The van der Waals surface area contributed by atoms with Crippen molar-refractivity contribution < 1.29 is 19.1 Å². The molecule has 0 aliphatic rings. The fourth-order valence-electron chi connectivity index (χ4n) is 2.04. The molecule has 1 aromatic heterocycles. The first kappa shape index (κ1) is 17.8. The molecule has 0 spiro atoms. The van der Waals surface area contributed by atoms with E-state index in [9.17, 15) is 9.59 Å². The molecular weight excluding hydrogens is 306 g/mol. The molecule has 5 heteroatoms. The van der Waals surface area contributed by atoms with E-state index in [1.807, 2.05) is 52.0 Å². The van der Waals surface area contributed by atoms with Crippen molar-refractivity contribution in [2.45, 2.75) is 39.8 Å². The molecule has 0 unspecified atom stereocenters. The lowest BCUT2D eigenvalue weighted by Gasteiger charge is -2.18. The van der Waals surface area contributed by atoms with E-state index in [0.29, 0.717) is 11.3 Å². The summed E-state index contributed by atoms with van der Waals surface area (Å²) < 4.78 is 12.4. The number of rotatable bonds is 6. The van der Waals surface area contributed by atoms with E-state index >= 15 is 0 Å². The van der Waals surface area contributed by atoms with Crippen LogP contribution in [-0.4, -0.2) is 28.5 Å². The average Bonchev–Trinajstić information content (AvgIpc) is 2.93. The van der Waals surface area contributed by atoms with Gasteiger partial charge in [0.25, 0.3) is 0 Å². The van der Waals surface area contributed by atoms with Crippen LogP contribution in [0.15, 0.2) is 42.7 Å². The van der Waals surface area contributed by atoms with Crippen LogP contribution in [0.1, 0.15) is 36.7 Å². The zero-order chi connectivity index (χ0) is 17.7. The Morgan fingerprint density at radius 3 is 2.38 bits per heavy atom. The van der Waals surface area contributed by atoms with Crippen LogP contribution in [0.2, 0.25) is 0 Å². The van der Waals surface area contributed by atoms with E-state index in [1.165, 1.54) is 0 Å². The number of nitrogens with zero attached hydrogens (tertiary/aromatic N) is 1. The van der Waals surface area contributed by atoms with E-state index < -0.39 is 11.6 Å². The zero-order valence-corrected chi connectivity index (χ0v) is 14.5. The third-order valence-electron chi connectivity index (χ3n) is 3.16. The smallest absolute Gasteiger partial charge is 0.340 e. The molecular formula is C19H23NO4. The van der Waals surface area contributed by atoms with Crippen molar-refractivity contribution in [1.29, 1.82) is 0 Å². The van der Waals surface area contributed by atoms with Gasteiger partial charge >= 0.3 is 5.97 Å². The van der Waals surface area contributed by atoms with E-state index in [0.717, 1.165) is 5.56 Å². The number of benzene rings is 1. The summed E-state index contributed by atoms with van der Waals surface area (Å²) in [6.07, 6.45) is 3.29. The Bertz CT molecular complexity index is 708. The normalized spacial score (nSPS) is 11.2. The predicted molar refractivity (Wildman–Crippen MR) is 91.3 cm³/mol. The standard InChI is InChI=1S/C19H23NO4/c1-14-5-7-17(8-6-14)23-13-16(21)12-20-10-9-15(11-20)18(22)24-19(2,3)4/h5-11H,12-13H2,1-4H3. The lowest BCUT2D eigenvalue weighted by atomic mass is 10.2. The van der Waals surface area contributed by atoms with Gasteiger partial charge in [0, 0.05) is 12.4 Å². The number of hydrogen-bond acceptors (Lipinski definition) is 4. The highest BCUT2D eigenvalue weighted by molar-refractivity contribution is 5.89. The predicted octanol–water partition coefficient (Wildman–Crippen LogP) is 3.40. The maximum Gasteiger partial charge on any atom is 0.340 e. The first-order valence-corrected chi connectivity index (χ1v) is 7.83. The van der Waals surface area contributed by atoms with Crippen molar-refractivity contribution in [1.82, 2.24) is 4.57 Å². The van der Waals surface area contributed by atoms with Crippen LogP contribution < -0.4 is 4.74 Å². The van der Waals surface area contributed by atoms with Crippen LogP contribution in [-0.2, 0) is 16.1 Å². The van der Waals surface area contributed by atoms with Crippen molar-refractivity contribution in [3.63, 3.8) is 0 Å². The molecule has 24 heavy (non-hydrogen) atoms. The van der Waals surface area contributed by atoms with Crippen LogP contribution in [0.3, 0.4) is 0 Å². The topological polar surface area (TPSA) is 57.5 Å². The van der Waals surface area contributed by atoms with Crippen molar-refractivity contribution in [3.05, 3.63) is 53.9 Å². The number of esters is 1. The molecule has 1 heterocycles. The highest BCUT2D eigenvalue weighted by Gasteiger charge is 2.18. The molecule has 0 N–H and O–H groups in total. The Kier molecular flexibility index (Phi) is 5.44. The van der Waals surface area contributed by atoms with E-state index in [2.05, 4.69) is 0 Å². The van der Waals surface area contributed by atoms with Gasteiger partial charge in [0.15, 0.2) is 5.78 Å². The van der Waals surface area contributed by atoms with Crippen molar-refractivity contribution in [2.75, 3.05) is 6.61 Å². The highest BCUT2D eigenvalue weighted by Crippen LogP contribution is 2.13. The molecule has 0 atom stereocenters. The van der Waals surface area contributed by atoms with E-state index in [4.69, 9.17) is 9.47 Å². The number of ketones is 1. The van der Waals surface area contributed by atoms with Gasteiger partial charge in [0.05, 0.1) is 12.1 Å². The van der Waals surface area contributed by atoms with Crippen molar-refractivity contribution in [2.24, 2.45) is 0 Å². The number of aromatic nitrogens is 1. The summed E-state index contributed by atoms with van der Waals surface area (Å²) in [6.45, 7) is 7.57. The second-order valence-corrected chi connectivity index (χ2v) is 6.71. The molecule has 2 rings (SSSR count). The second-order valence-electron chi connectivity index (χ2n) is 6.71. The van der Waals surface area contributed by atoms with Crippen LogP contribution in [0, 0.1) is 6.92 Å². The zero-order valence-electron chi connectivity index (χ0n) is 14.5. The van der Waals surface area contributed by atoms with Crippen LogP contribution >= 0.6 is 0 Å². The summed E-state index contributed by atoms with van der Waals surface area (Å²) in [4.78, 5) is 24.0. The summed E-state index contributed by atoms with van der Waals surface area (Å²) >= 11 is 0. The number of carbonyl (C=O) groups excluding carboxylic acids is 2. The third kappa shape index (κ3) is 5.57. The highest BCUT2D eigenvalue weighted by atomic mass is 16.6. The molecule has 5 nitrogen and oxygen atoms in total. The Morgan fingerprint density at radius 1 is 1.08 bits per heavy atom. The minimum absolute atomic E-state index is 0.0109. The SMILES string of the molecule is Cc1ccc(OCC(=O)Cn2ccc(C(=O)OC(C)(C)C)c2)cc1. The van der Waals surface area contributed by atoms with Crippen LogP contribution in [0.25, 0.3) is 0 Å². The summed E-state index contributed by atoms with van der Waals surface area (Å²) in [6, 6.07) is 9.16. The monoisotopic (exact) mass is 329 g/mol. The molecule has 0 amide bonds. The van der Waals surface area contributed by atoms with E-state index in [1.54, 1.807) is 23.0 Å². The average molecular weight is 329 g/mol. The molecule has 2 aromatic rings. The van der Waals surface area contributed by atoms with Gasteiger partial charge in [-0.15, -0.1) is 0 Å². The minimum Gasteiger partial charge on any atom is -0.486 e. The molecule has 0 fully saturated rings. The van der Waals surface area contributed by atoms with Gasteiger partial charge in [-0.25, -0.2) is 4.79 Å². The molecule has 0 aliphatic carbocycles.